The fraction of sp³-hybridized carbons (Fsp3) is 0.308. The van der Waals surface area contributed by atoms with Gasteiger partial charge in [0.1, 0.15) is 0 Å². The first kappa shape index (κ1) is 42.3. The summed E-state index contributed by atoms with van der Waals surface area (Å²) in [7, 11) is 0.824. The number of rotatable bonds is 14. The van der Waals surface area contributed by atoms with Crippen LogP contribution in [0.5, 0.6) is 0 Å². The van der Waals surface area contributed by atoms with E-state index >= 15 is 0 Å². The van der Waals surface area contributed by atoms with Crippen molar-refractivity contribution in [2.24, 2.45) is 0 Å². The number of carbonyl (C=O) groups is 2. The summed E-state index contributed by atoms with van der Waals surface area (Å²) >= 11 is 0. The molecule has 0 spiro atoms. The molecule has 1 atom stereocenters. The Hall–Kier alpha value is -5.45. The Labute approximate surface area is 318 Å². The first-order valence-electron chi connectivity index (χ1n) is 17.2. The van der Waals surface area contributed by atoms with E-state index in [-0.39, 0.29) is 11.9 Å². The van der Waals surface area contributed by atoms with Crippen LogP contribution in [0, 0.1) is 6.92 Å². The second-order valence-corrected chi connectivity index (χ2v) is 15.2. The van der Waals surface area contributed by atoms with Crippen molar-refractivity contribution in [3.05, 3.63) is 125 Å². The van der Waals surface area contributed by atoms with Crippen molar-refractivity contribution >= 4 is 21.7 Å². The van der Waals surface area contributed by atoms with Crippen LogP contribution in [0.1, 0.15) is 39.8 Å². The van der Waals surface area contributed by atoms with Gasteiger partial charge in [-0.05, 0) is 87.9 Å². The average Bonchev–Trinajstić information content (AvgIpc) is 3.54. The molecule has 12 nitrogen and oxygen atoms in total. The summed E-state index contributed by atoms with van der Waals surface area (Å²) in [5.74, 6) is -2.91. The summed E-state index contributed by atoms with van der Waals surface area (Å²) in [4.78, 5) is 33.3. The normalized spacial score (nSPS) is 12.2. The Morgan fingerprint density at radius 2 is 1.49 bits per heavy atom. The minimum Gasteiger partial charge on any atom is -0.475 e. The Kier molecular flexibility index (Phi) is 14.4. The molecule has 5 rings (SSSR count). The molecule has 0 saturated heterocycles. The number of halogens is 3. The second-order valence-electron chi connectivity index (χ2n) is 13.2. The number of hydrogen-bond acceptors (Lipinski definition) is 9. The Bertz CT molecular complexity index is 2130. The lowest BCUT2D eigenvalue weighted by Crippen LogP contribution is -2.43. The highest BCUT2D eigenvalue weighted by Crippen LogP contribution is 2.21. The number of hydrogen-bond donors (Lipinski definition) is 2. The lowest BCUT2D eigenvalue weighted by Gasteiger charge is -2.31. The molecule has 292 valence electrons. The standard InChI is InChI=1S/C37H43N7O3S.C2HF3O2/c1-27(25-42(3)4)43(37(45)36-28(2)40-44(41-36)33-9-7-6-8-10-33)26-30-11-16-32(17-12-30)35-20-15-31(24-39-35)23-38-22-21-29-13-18-34(19-14-29)48(5,46)47;3-2(4,5)1(6)7/h6-20,24,27,38H,21-23,25-26H2,1-5H3;(H,6,7). The number of pyridine rings is 1. The van der Waals surface area contributed by atoms with E-state index in [0.29, 0.717) is 35.9 Å². The van der Waals surface area contributed by atoms with Crippen LogP contribution >= 0.6 is 0 Å². The van der Waals surface area contributed by atoms with E-state index in [1.807, 2.05) is 105 Å². The molecule has 1 amide bonds. The minimum atomic E-state index is -5.08. The molecule has 0 bridgehead atoms. The van der Waals surface area contributed by atoms with E-state index in [4.69, 9.17) is 14.9 Å². The lowest BCUT2D eigenvalue weighted by molar-refractivity contribution is -0.192. The van der Waals surface area contributed by atoms with E-state index < -0.39 is 22.0 Å². The molecule has 0 aliphatic heterocycles. The maximum atomic E-state index is 13.9. The number of para-hydroxylation sites is 1. The zero-order valence-corrected chi connectivity index (χ0v) is 32.0. The van der Waals surface area contributed by atoms with Crippen molar-refractivity contribution in [1.82, 2.24) is 35.1 Å². The topological polar surface area (TPSA) is 151 Å². The molecule has 1 unspecified atom stereocenters. The van der Waals surface area contributed by atoms with Gasteiger partial charge in [-0.3, -0.25) is 9.78 Å². The number of carboxylic acids is 1. The van der Waals surface area contributed by atoms with E-state index in [2.05, 4.69) is 33.4 Å². The maximum Gasteiger partial charge on any atom is 0.490 e. The molecule has 2 aromatic heterocycles. The fourth-order valence-electron chi connectivity index (χ4n) is 5.49. The van der Waals surface area contributed by atoms with Crippen LogP contribution in [-0.2, 0) is 34.1 Å². The molecule has 55 heavy (non-hydrogen) atoms. The van der Waals surface area contributed by atoms with Crippen molar-refractivity contribution in [1.29, 1.82) is 0 Å². The first-order chi connectivity index (χ1) is 25.9. The molecule has 0 fully saturated rings. The van der Waals surface area contributed by atoms with Crippen molar-refractivity contribution < 1.29 is 36.3 Å². The van der Waals surface area contributed by atoms with Crippen molar-refractivity contribution in [3.63, 3.8) is 0 Å². The number of sulfone groups is 1. The van der Waals surface area contributed by atoms with Gasteiger partial charge < -0.3 is 20.2 Å². The van der Waals surface area contributed by atoms with Crippen LogP contribution in [0.4, 0.5) is 13.2 Å². The fourth-order valence-corrected chi connectivity index (χ4v) is 6.12. The number of carboxylic acid groups (broad SMARTS) is 1. The molecule has 5 aromatic rings. The van der Waals surface area contributed by atoms with Gasteiger partial charge in [0.15, 0.2) is 15.5 Å². The summed E-state index contributed by atoms with van der Waals surface area (Å²) in [6, 6.07) is 28.8. The van der Waals surface area contributed by atoms with Crippen LogP contribution in [0.15, 0.2) is 102 Å². The second kappa shape index (κ2) is 18.7. The number of nitrogens with zero attached hydrogens (tertiary/aromatic N) is 6. The van der Waals surface area contributed by atoms with Gasteiger partial charge in [0.2, 0.25) is 0 Å². The summed E-state index contributed by atoms with van der Waals surface area (Å²) < 4.78 is 55.0. The molecular formula is C39H44F3N7O5S. The number of benzene rings is 3. The zero-order chi connectivity index (χ0) is 40.3. The number of alkyl halides is 3. The van der Waals surface area contributed by atoms with Gasteiger partial charge >= 0.3 is 12.1 Å². The van der Waals surface area contributed by atoms with Crippen LogP contribution in [-0.4, -0.2) is 101 Å². The average molecular weight is 780 g/mol. The highest BCUT2D eigenvalue weighted by molar-refractivity contribution is 7.90. The van der Waals surface area contributed by atoms with E-state index in [1.165, 1.54) is 11.1 Å². The maximum absolute atomic E-state index is 13.9. The third-order valence-corrected chi connectivity index (χ3v) is 9.46. The number of aryl methyl sites for hydroxylation is 1. The Balaban J connectivity index is 0.000000876. The Morgan fingerprint density at radius 1 is 0.891 bits per heavy atom. The third kappa shape index (κ3) is 12.6. The molecule has 2 heterocycles. The van der Waals surface area contributed by atoms with Gasteiger partial charge in [0.05, 0.1) is 22.0 Å². The summed E-state index contributed by atoms with van der Waals surface area (Å²) in [5.41, 5.74) is 6.78. The van der Waals surface area contributed by atoms with Gasteiger partial charge in [0.25, 0.3) is 5.91 Å². The number of amides is 1. The number of likely N-dealkylation sites (N-methyl/N-ethyl adjacent to an activating group) is 1. The van der Waals surface area contributed by atoms with Crippen LogP contribution in [0.25, 0.3) is 16.9 Å². The number of carbonyl (C=O) groups excluding carboxylic acids is 1. The summed E-state index contributed by atoms with van der Waals surface area (Å²) in [6.45, 7) is 6.47. The molecule has 3 aromatic carbocycles. The van der Waals surface area contributed by atoms with Crippen LogP contribution in [0.2, 0.25) is 0 Å². The largest absolute Gasteiger partial charge is 0.490 e. The summed E-state index contributed by atoms with van der Waals surface area (Å²) in [6.07, 6.45) is -1.19. The van der Waals surface area contributed by atoms with Crippen LogP contribution < -0.4 is 5.32 Å². The molecule has 16 heteroatoms. The number of nitrogens with one attached hydrogen (secondary N) is 1. The minimum absolute atomic E-state index is 0.0586. The van der Waals surface area contributed by atoms with Gasteiger partial charge in [-0.2, -0.15) is 23.1 Å². The third-order valence-electron chi connectivity index (χ3n) is 8.34. The van der Waals surface area contributed by atoms with Crippen LogP contribution in [0.3, 0.4) is 0 Å². The summed E-state index contributed by atoms with van der Waals surface area (Å²) in [5, 5.41) is 19.7. The molecule has 0 radical (unpaired) electrons. The van der Waals surface area contributed by atoms with Crippen molar-refractivity contribution in [2.45, 2.75) is 50.5 Å². The smallest absolute Gasteiger partial charge is 0.475 e. The predicted octanol–water partition coefficient (Wildman–Crippen LogP) is 5.60. The van der Waals surface area contributed by atoms with Gasteiger partial charge in [-0.15, -0.1) is 5.10 Å². The van der Waals surface area contributed by atoms with E-state index in [1.54, 1.807) is 12.1 Å². The first-order valence-corrected chi connectivity index (χ1v) is 19.1. The number of aliphatic carboxylic acids is 1. The molecular weight excluding hydrogens is 736 g/mol. The molecule has 0 saturated carbocycles. The van der Waals surface area contributed by atoms with Gasteiger partial charge in [0, 0.05) is 43.7 Å². The Morgan fingerprint density at radius 3 is 2.04 bits per heavy atom. The number of aromatic nitrogens is 4. The van der Waals surface area contributed by atoms with Gasteiger partial charge in [-0.25, -0.2) is 13.2 Å². The lowest BCUT2D eigenvalue weighted by atomic mass is 10.1. The highest BCUT2D eigenvalue weighted by Gasteiger charge is 2.38. The SMILES string of the molecule is Cc1nn(-c2ccccc2)nc1C(=O)N(Cc1ccc(-c2ccc(CNCCc3ccc(S(C)(=O)=O)cc3)cn2)cc1)C(C)CN(C)C.O=C(O)C(F)(F)F. The molecule has 0 aliphatic carbocycles. The molecule has 0 aliphatic rings. The highest BCUT2D eigenvalue weighted by atomic mass is 32.2. The van der Waals surface area contributed by atoms with E-state index in [0.717, 1.165) is 46.6 Å². The predicted molar refractivity (Wildman–Crippen MR) is 202 cm³/mol. The molecule has 2 N–H and O–H groups in total. The zero-order valence-electron chi connectivity index (χ0n) is 31.2. The van der Waals surface area contributed by atoms with Gasteiger partial charge in [-0.1, -0.05) is 60.7 Å². The van der Waals surface area contributed by atoms with Crippen molar-refractivity contribution in [3.8, 4) is 16.9 Å². The van der Waals surface area contributed by atoms with Crippen molar-refractivity contribution in [2.75, 3.05) is 33.4 Å². The van der Waals surface area contributed by atoms with E-state index in [9.17, 15) is 26.4 Å². The monoisotopic (exact) mass is 779 g/mol. The quantitative estimate of drug-likeness (QED) is 0.137.